The number of ether oxygens (including phenoxy) is 1. The molecule has 3 aromatic carbocycles. The molecule has 4 atom stereocenters. The molecule has 17 heteroatoms. The molecule has 1 saturated carbocycles. The number of carbonyl (C=O) groups excluding carboxylic acids is 3. The highest BCUT2D eigenvalue weighted by Gasteiger charge is 2.41. The van der Waals surface area contributed by atoms with E-state index in [2.05, 4.69) is 44.1 Å². The summed E-state index contributed by atoms with van der Waals surface area (Å²) in [4.78, 5) is 73.3. The summed E-state index contributed by atoms with van der Waals surface area (Å²) >= 11 is 0. The average Bonchev–Trinajstić information content (AvgIpc) is 4.27. The van der Waals surface area contributed by atoms with Gasteiger partial charge in [-0.1, -0.05) is 108 Å². The lowest BCUT2D eigenvalue weighted by Gasteiger charge is -2.35. The number of H-pyrrole nitrogens is 2. The van der Waals surface area contributed by atoms with Crippen LogP contribution >= 0.6 is 0 Å². The predicted octanol–water partition coefficient (Wildman–Crippen LogP) is 10.2. The first kappa shape index (κ1) is 49.7. The molecule has 9 rings (SSSR count). The van der Waals surface area contributed by atoms with Crippen LogP contribution in [0.4, 0.5) is 9.59 Å². The number of carbonyl (C=O) groups is 4. The Morgan fingerprint density at radius 2 is 1.18 bits per heavy atom. The molecular weight excluding hydrogens is 911 g/mol. The summed E-state index contributed by atoms with van der Waals surface area (Å²) in [5.41, 5.74) is 7.54. The van der Waals surface area contributed by atoms with E-state index in [1.54, 1.807) is 24.2 Å². The summed E-state index contributed by atoms with van der Waals surface area (Å²) in [7, 11) is 1.29. The summed E-state index contributed by atoms with van der Waals surface area (Å²) in [6, 6.07) is 23.1. The van der Waals surface area contributed by atoms with Crippen molar-refractivity contribution in [2.45, 2.75) is 122 Å². The molecule has 2 saturated heterocycles. The van der Waals surface area contributed by atoms with E-state index in [0.29, 0.717) is 42.3 Å². The van der Waals surface area contributed by atoms with Crippen molar-refractivity contribution < 1.29 is 29.0 Å². The highest BCUT2D eigenvalue weighted by molar-refractivity contribution is 5.87. The molecule has 4 amide bonds. The molecule has 2 aliphatic heterocycles. The van der Waals surface area contributed by atoms with Gasteiger partial charge in [0.15, 0.2) is 11.6 Å². The number of aromatic amines is 2. The fraction of sp³-hybridized carbons (Fsp3) is 0.455. The zero-order chi connectivity index (χ0) is 50.6. The quantitative estimate of drug-likeness (QED) is 0.0766. The second-order valence-corrected chi connectivity index (χ2v) is 20.1. The molecule has 17 nitrogen and oxygen atoms in total. The Bertz CT molecular complexity index is 2840. The summed E-state index contributed by atoms with van der Waals surface area (Å²) in [5, 5.41) is 22.3. The third kappa shape index (κ3) is 10.1. The molecule has 6 aromatic rings. The number of amides is 4. The van der Waals surface area contributed by atoms with Crippen molar-refractivity contribution in [3.05, 3.63) is 102 Å². The SMILES string of the molecule is CCN(C(=O)O)[C@H](C(=O)N1CCC[C@H]1c1ncc(-c2ccc(-c3nnc(-c4ccc(-c5cnc([C@@H]6CCCN6C(=O)[C@@H](NC(=O)OC)C(C)C)[nH]5)cc4)n3-c3ccc(C4CCCCC4)cc3)cc2)[nH]1)C(C)C. The first-order valence-corrected chi connectivity index (χ1v) is 25.7. The Balaban J connectivity index is 0.971. The Hall–Kier alpha value is -7.30. The maximum atomic E-state index is 14.0. The lowest BCUT2D eigenvalue weighted by molar-refractivity contribution is -0.139. The maximum Gasteiger partial charge on any atom is 0.407 e. The van der Waals surface area contributed by atoms with Gasteiger partial charge in [-0.3, -0.25) is 19.1 Å². The smallest absolute Gasteiger partial charge is 0.407 e. The summed E-state index contributed by atoms with van der Waals surface area (Å²) in [6.07, 6.45) is 11.2. The predicted molar refractivity (Wildman–Crippen MR) is 274 cm³/mol. The van der Waals surface area contributed by atoms with Gasteiger partial charge in [-0.2, -0.15) is 0 Å². The van der Waals surface area contributed by atoms with Crippen LogP contribution in [0.5, 0.6) is 0 Å². The molecule has 1 aliphatic carbocycles. The first-order chi connectivity index (χ1) is 34.8. The molecular formula is C55H67N11O6. The molecule has 0 radical (unpaired) electrons. The van der Waals surface area contributed by atoms with Crippen LogP contribution in [0.15, 0.2) is 85.2 Å². The molecule has 0 bridgehead atoms. The summed E-state index contributed by atoms with van der Waals surface area (Å²) in [5.74, 6) is 2.66. The standard InChI is InChI=1S/C55H67N11O6/c1-7-63(55(70)71)47(34(4)5)53(68)65-30-12-16-45(65)49-57-32-43(59-49)38-19-23-40(24-20-38)51-62-61-50(66(51)41-27-25-36(26-28-41)35-13-9-8-10-14-35)39-21-17-37(18-22-39)42-31-56-48(58-42)44-15-11-29-64(44)52(67)46(33(2)3)60-54(69)72-6/h17-28,31-35,44-47H,7-16,29-30H2,1-6H3,(H,56,58)(H,57,59)(H,60,69)(H,70,71)/t44-,45-,46-,47-/m0/s1. The van der Waals surface area contributed by atoms with E-state index >= 15 is 0 Å². The van der Waals surface area contributed by atoms with E-state index in [4.69, 9.17) is 24.9 Å². The van der Waals surface area contributed by atoms with E-state index in [1.165, 1.54) is 49.7 Å². The minimum Gasteiger partial charge on any atom is -0.465 e. The number of likely N-dealkylation sites (tertiary alicyclic amines) is 2. The minimum absolute atomic E-state index is 0.129. The number of hydrogen-bond donors (Lipinski definition) is 4. The van der Waals surface area contributed by atoms with Crippen LogP contribution in [0.3, 0.4) is 0 Å². The van der Waals surface area contributed by atoms with Gasteiger partial charge in [0, 0.05) is 36.4 Å². The fourth-order valence-corrected chi connectivity index (χ4v) is 11.0. The van der Waals surface area contributed by atoms with Crippen LogP contribution in [0.1, 0.15) is 128 Å². The highest BCUT2D eigenvalue weighted by atomic mass is 16.5. The number of likely N-dealkylation sites (N-methyl/N-ethyl adjacent to an activating group) is 1. The number of carboxylic acid groups (broad SMARTS) is 1. The fourth-order valence-electron chi connectivity index (χ4n) is 11.0. The van der Waals surface area contributed by atoms with Gasteiger partial charge in [0.05, 0.1) is 43.0 Å². The normalized spacial score (nSPS) is 18.2. The van der Waals surface area contributed by atoms with Crippen LogP contribution in [-0.4, -0.2) is 117 Å². The molecule has 72 heavy (non-hydrogen) atoms. The van der Waals surface area contributed by atoms with Crippen molar-refractivity contribution in [3.8, 4) is 51.0 Å². The van der Waals surface area contributed by atoms with Gasteiger partial charge >= 0.3 is 12.2 Å². The minimum atomic E-state index is -1.10. The van der Waals surface area contributed by atoms with Crippen LogP contribution < -0.4 is 5.32 Å². The molecule has 4 N–H and O–H groups in total. The topological polar surface area (TPSA) is 208 Å². The molecule has 3 aromatic heterocycles. The van der Waals surface area contributed by atoms with Crippen LogP contribution in [-0.2, 0) is 14.3 Å². The zero-order valence-electron chi connectivity index (χ0n) is 42.2. The molecule has 5 heterocycles. The molecule has 3 aliphatic rings. The second kappa shape index (κ2) is 21.6. The van der Waals surface area contributed by atoms with Crippen molar-refractivity contribution in [1.82, 2.24) is 54.7 Å². The van der Waals surface area contributed by atoms with Crippen LogP contribution in [0.2, 0.25) is 0 Å². The van der Waals surface area contributed by atoms with Gasteiger partial charge in [0.1, 0.15) is 23.7 Å². The van der Waals surface area contributed by atoms with Crippen LogP contribution in [0.25, 0.3) is 51.0 Å². The van der Waals surface area contributed by atoms with E-state index in [1.807, 2.05) is 81.1 Å². The van der Waals surface area contributed by atoms with E-state index in [0.717, 1.165) is 65.0 Å². The van der Waals surface area contributed by atoms with Gasteiger partial charge in [0.2, 0.25) is 11.8 Å². The van der Waals surface area contributed by atoms with E-state index < -0.39 is 24.3 Å². The third-order valence-electron chi connectivity index (χ3n) is 14.9. The molecule has 3 fully saturated rings. The lowest BCUT2D eigenvalue weighted by atomic mass is 9.84. The Kier molecular flexibility index (Phi) is 14.9. The number of imidazole rings is 2. The largest absolute Gasteiger partial charge is 0.465 e. The number of nitrogens with one attached hydrogen (secondary N) is 3. The van der Waals surface area contributed by atoms with Crippen molar-refractivity contribution in [2.24, 2.45) is 11.8 Å². The Morgan fingerprint density at radius 1 is 0.681 bits per heavy atom. The van der Waals surface area contributed by atoms with Gasteiger partial charge < -0.3 is 34.9 Å². The van der Waals surface area contributed by atoms with Crippen LogP contribution in [0, 0.1) is 11.8 Å². The van der Waals surface area contributed by atoms with E-state index in [-0.39, 0.29) is 42.3 Å². The van der Waals surface area contributed by atoms with Crippen molar-refractivity contribution in [3.63, 3.8) is 0 Å². The zero-order valence-corrected chi connectivity index (χ0v) is 42.2. The number of nitrogens with zero attached hydrogens (tertiary/aromatic N) is 8. The first-order valence-electron chi connectivity index (χ1n) is 25.7. The Labute approximate surface area is 420 Å². The highest BCUT2D eigenvalue weighted by Crippen LogP contribution is 2.38. The maximum absolute atomic E-state index is 14.0. The van der Waals surface area contributed by atoms with Gasteiger partial charge in [0.25, 0.3) is 0 Å². The number of hydrogen-bond acceptors (Lipinski definition) is 9. The summed E-state index contributed by atoms with van der Waals surface area (Å²) < 4.78 is 6.92. The molecule has 0 unspecified atom stereocenters. The molecule has 378 valence electrons. The number of methoxy groups -OCH3 is 1. The molecule has 0 spiro atoms. The van der Waals surface area contributed by atoms with E-state index in [9.17, 15) is 24.3 Å². The average molecular weight is 978 g/mol. The van der Waals surface area contributed by atoms with Crippen molar-refractivity contribution in [1.29, 1.82) is 0 Å². The number of aromatic nitrogens is 7. The summed E-state index contributed by atoms with van der Waals surface area (Å²) in [6.45, 7) is 10.7. The number of benzene rings is 3. The van der Waals surface area contributed by atoms with Gasteiger partial charge in [-0.15, -0.1) is 10.2 Å². The van der Waals surface area contributed by atoms with Gasteiger partial charge in [-0.05, 0) is 92.0 Å². The number of rotatable bonds is 15. The second-order valence-electron chi connectivity index (χ2n) is 20.1. The van der Waals surface area contributed by atoms with Crippen molar-refractivity contribution >= 4 is 24.0 Å². The monoisotopic (exact) mass is 978 g/mol. The van der Waals surface area contributed by atoms with Crippen molar-refractivity contribution in [2.75, 3.05) is 26.7 Å². The number of alkyl carbamates (subject to hydrolysis) is 1. The van der Waals surface area contributed by atoms with Gasteiger partial charge in [-0.25, -0.2) is 19.6 Å². The third-order valence-corrected chi connectivity index (χ3v) is 14.9. The lowest BCUT2D eigenvalue weighted by Crippen LogP contribution is -2.53. The Morgan fingerprint density at radius 3 is 1.64 bits per heavy atom.